The van der Waals surface area contributed by atoms with Crippen molar-refractivity contribution in [3.8, 4) is 5.75 Å². The summed E-state index contributed by atoms with van der Waals surface area (Å²) in [7, 11) is -1.29. The molecule has 0 fully saturated rings. The fourth-order valence-corrected chi connectivity index (χ4v) is 5.78. The molecule has 3 aliphatic heterocycles. The smallest absolute Gasteiger partial charge is 0.294 e. The van der Waals surface area contributed by atoms with Crippen molar-refractivity contribution in [2.24, 2.45) is 11.3 Å². The van der Waals surface area contributed by atoms with E-state index in [1.54, 1.807) is 0 Å². The highest BCUT2D eigenvalue weighted by atomic mass is 32.2. The van der Waals surface area contributed by atoms with Crippen LogP contribution in [0.3, 0.4) is 0 Å². The summed E-state index contributed by atoms with van der Waals surface area (Å²) in [5.74, 6) is 1.41. The summed E-state index contributed by atoms with van der Waals surface area (Å²) >= 11 is 0. The molecular weight excluding hydrogens is 336 g/mol. The van der Waals surface area contributed by atoms with Gasteiger partial charge in [0.1, 0.15) is 27.1 Å². The fraction of sp³-hybridized carbons (Fsp3) is 0.600. The average Bonchev–Trinajstić information content (AvgIpc) is 2.77. The van der Waals surface area contributed by atoms with E-state index in [1.165, 1.54) is 0 Å². The molecule has 4 atom stereocenters. The monoisotopic (exact) mass is 362 g/mol. The maximum atomic E-state index is 13.6. The molecule has 0 amide bonds. The molecule has 5 heteroatoms. The van der Waals surface area contributed by atoms with E-state index in [0.29, 0.717) is 12.6 Å². The number of ether oxygens (including phenoxy) is 3. The van der Waals surface area contributed by atoms with Gasteiger partial charge in [0, 0.05) is 22.8 Å². The minimum Gasteiger partial charge on any atom is -0.493 e. The SMILES string of the molecule is CC1(C)OC2=C([C@@H]3c4ccccc4OC[C@@H]31)[S@](=O)[C@@](C)(C(C)(C)C)O2. The molecule has 0 unspecified atom stereocenters. The number of para-hydroxylation sites is 1. The Kier molecular flexibility index (Phi) is 3.41. The van der Waals surface area contributed by atoms with Crippen LogP contribution in [0, 0.1) is 11.3 Å². The lowest BCUT2D eigenvalue weighted by Gasteiger charge is -2.45. The molecule has 4 nitrogen and oxygen atoms in total. The second-order valence-electron chi connectivity index (χ2n) is 8.86. The summed E-state index contributed by atoms with van der Waals surface area (Å²) in [5, 5.41) is 0. The van der Waals surface area contributed by atoms with Crippen LogP contribution in [-0.2, 0) is 20.3 Å². The molecule has 0 saturated heterocycles. The number of fused-ring (bicyclic) bond motifs is 4. The van der Waals surface area contributed by atoms with Crippen molar-refractivity contribution >= 4 is 10.8 Å². The largest absolute Gasteiger partial charge is 0.493 e. The zero-order valence-corrected chi connectivity index (χ0v) is 16.5. The predicted molar refractivity (Wildman–Crippen MR) is 97.4 cm³/mol. The van der Waals surface area contributed by atoms with E-state index in [-0.39, 0.29) is 17.3 Å². The molecular formula is C20H26O4S. The summed E-state index contributed by atoms with van der Waals surface area (Å²) in [5.41, 5.74) is 0.338. The number of hydrogen-bond donors (Lipinski definition) is 0. The molecule has 0 bridgehead atoms. The lowest BCUT2D eigenvalue weighted by molar-refractivity contribution is -0.141. The van der Waals surface area contributed by atoms with Gasteiger partial charge in [-0.1, -0.05) is 39.0 Å². The Labute approximate surface area is 152 Å². The summed E-state index contributed by atoms with van der Waals surface area (Å²) in [4.78, 5) is -0.0203. The Morgan fingerprint density at radius 1 is 1.12 bits per heavy atom. The van der Waals surface area contributed by atoms with Crippen molar-refractivity contribution in [1.82, 2.24) is 0 Å². The van der Waals surface area contributed by atoms with Crippen molar-refractivity contribution in [2.45, 2.75) is 58.0 Å². The zero-order valence-electron chi connectivity index (χ0n) is 15.7. The molecule has 0 saturated carbocycles. The highest BCUT2D eigenvalue weighted by molar-refractivity contribution is 7.90. The fourth-order valence-electron chi connectivity index (χ4n) is 3.90. The Morgan fingerprint density at radius 2 is 1.80 bits per heavy atom. The third-order valence-electron chi connectivity index (χ3n) is 6.01. The van der Waals surface area contributed by atoms with Gasteiger partial charge in [0.15, 0.2) is 4.93 Å². The second kappa shape index (κ2) is 5.03. The van der Waals surface area contributed by atoms with Gasteiger partial charge < -0.3 is 14.2 Å². The number of benzene rings is 1. The summed E-state index contributed by atoms with van der Waals surface area (Å²) in [6, 6.07) is 8.04. The van der Waals surface area contributed by atoms with Crippen LogP contribution in [0.5, 0.6) is 5.75 Å². The lowest BCUT2D eigenvalue weighted by Crippen LogP contribution is -2.47. The highest BCUT2D eigenvalue weighted by Gasteiger charge is 2.61. The maximum Gasteiger partial charge on any atom is 0.294 e. The van der Waals surface area contributed by atoms with Crippen LogP contribution >= 0.6 is 0 Å². The minimum atomic E-state index is -1.29. The Morgan fingerprint density at radius 3 is 2.48 bits per heavy atom. The van der Waals surface area contributed by atoms with Gasteiger partial charge in [-0.05, 0) is 26.8 Å². The van der Waals surface area contributed by atoms with Crippen molar-refractivity contribution in [2.75, 3.05) is 6.61 Å². The summed E-state index contributed by atoms with van der Waals surface area (Å²) in [6.07, 6.45) is 0. The zero-order chi connectivity index (χ0) is 18.2. The quantitative estimate of drug-likeness (QED) is 0.690. The first-order chi connectivity index (χ1) is 11.6. The molecule has 25 heavy (non-hydrogen) atoms. The van der Waals surface area contributed by atoms with Gasteiger partial charge in [-0.25, -0.2) is 0 Å². The van der Waals surface area contributed by atoms with Crippen LogP contribution in [0.1, 0.15) is 53.0 Å². The van der Waals surface area contributed by atoms with Crippen molar-refractivity contribution in [3.63, 3.8) is 0 Å². The van der Waals surface area contributed by atoms with E-state index in [4.69, 9.17) is 14.2 Å². The van der Waals surface area contributed by atoms with E-state index in [2.05, 4.69) is 40.7 Å². The van der Waals surface area contributed by atoms with Crippen LogP contribution in [0.2, 0.25) is 0 Å². The number of hydrogen-bond acceptors (Lipinski definition) is 4. The second-order valence-corrected chi connectivity index (χ2v) is 10.6. The molecule has 0 aliphatic carbocycles. The molecule has 1 aromatic rings. The normalized spacial score (nSPS) is 35.7. The molecule has 136 valence electrons. The highest BCUT2D eigenvalue weighted by Crippen LogP contribution is 2.58. The molecule has 3 heterocycles. The Bertz CT molecular complexity index is 789. The van der Waals surface area contributed by atoms with E-state index >= 15 is 0 Å². The minimum absolute atomic E-state index is 0.00583. The summed E-state index contributed by atoms with van der Waals surface area (Å²) < 4.78 is 32.1. The van der Waals surface area contributed by atoms with Crippen molar-refractivity contribution < 1.29 is 18.4 Å². The molecule has 0 spiro atoms. The van der Waals surface area contributed by atoms with Crippen LogP contribution < -0.4 is 4.74 Å². The van der Waals surface area contributed by atoms with Gasteiger partial charge >= 0.3 is 0 Å². The van der Waals surface area contributed by atoms with Gasteiger partial charge in [0.2, 0.25) is 0 Å². The van der Waals surface area contributed by atoms with Gasteiger partial charge in [-0.15, -0.1) is 0 Å². The van der Waals surface area contributed by atoms with Crippen LogP contribution in [0.15, 0.2) is 35.1 Å². The first-order valence-electron chi connectivity index (χ1n) is 8.82. The third-order valence-corrected chi connectivity index (χ3v) is 8.23. The lowest BCUT2D eigenvalue weighted by atomic mass is 9.74. The topological polar surface area (TPSA) is 44.8 Å². The van der Waals surface area contributed by atoms with E-state index in [0.717, 1.165) is 16.2 Å². The molecule has 3 aliphatic rings. The number of rotatable bonds is 0. The van der Waals surface area contributed by atoms with Crippen molar-refractivity contribution in [1.29, 1.82) is 0 Å². The first kappa shape index (κ1) is 17.0. The maximum absolute atomic E-state index is 13.6. The van der Waals surface area contributed by atoms with Crippen LogP contribution in [0.25, 0.3) is 0 Å². The Hall–Kier alpha value is -1.49. The van der Waals surface area contributed by atoms with Gasteiger partial charge in [-0.2, -0.15) is 0 Å². The van der Waals surface area contributed by atoms with Crippen molar-refractivity contribution in [3.05, 3.63) is 40.7 Å². The molecule has 0 N–H and O–H groups in total. The van der Waals surface area contributed by atoms with Crippen LogP contribution in [-0.4, -0.2) is 21.3 Å². The van der Waals surface area contributed by atoms with Crippen LogP contribution in [0.4, 0.5) is 0 Å². The first-order valence-corrected chi connectivity index (χ1v) is 9.97. The molecule has 4 rings (SSSR count). The van der Waals surface area contributed by atoms with E-state index in [1.807, 2.05) is 25.1 Å². The Balaban J connectivity index is 1.89. The van der Waals surface area contributed by atoms with E-state index in [9.17, 15) is 4.21 Å². The average molecular weight is 362 g/mol. The third kappa shape index (κ3) is 2.21. The number of allylic oxidation sites excluding steroid dienone is 1. The predicted octanol–water partition coefficient (Wildman–Crippen LogP) is 4.30. The van der Waals surface area contributed by atoms with Gasteiger partial charge in [-0.3, -0.25) is 4.21 Å². The van der Waals surface area contributed by atoms with Gasteiger partial charge in [0.05, 0.1) is 6.61 Å². The molecule has 0 radical (unpaired) electrons. The molecule has 0 aromatic heterocycles. The standard InChI is InChI=1S/C20H26O4S/c1-18(2,3)20(6)24-17-16(25(20)21)15-12-9-7-8-10-14(12)22-11-13(15)19(4,5)23-17/h7-10,13,15H,11H2,1-6H3/t13-,15+,20-,25-/m0/s1. The van der Waals surface area contributed by atoms with Gasteiger partial charge in [0.25, 0.3) is 5.95 Å². The molecule has 1 aromatic carbocycles. The summed E-state index contributed by atoms with van der Waals surface area (Å²) in [6.45, 7) is 12.8. The van der Waals surface area contributed by atoms with E-state index < -0.39 is 21.3 Å².